The number of aryl methyl sites for hydroxylation is 1. The number of hydrogen-bond donors (Lipinski definition) is 1. The van der Waals surface area contributed by atoms with Gasteiger partial charge in [-0.1, -0.05) is 68.0 Å². The van der Waals surface area contributed by atoms with E-state index in [1.165, 1.54) is 0 Å². The summed E-state index contributed by atoms with van der Waals surface area (Å²) in [6.07, 6.45) is 12.2. The highest BCUT2D eigenvalue weighted by Gasteiger charge is 2.13. The molecule has 2 heterocycles. The van der Waals surface area contributed by atoms with E-state index in [0.29, 0.717) is 6.54 Å². The van der Waals surface area contributed by atoms with Crippen LogP contribution in [0.1, 0.15) is 44.2 Å². The molecule has 2 aromatic heterocycles. The van der Waals surface area contributed by atoms with Gasteiger partial charge in [0.1, 0.15) is 11.6 Å². The fourth-order valence-corrected chi connectivity index (χ4v) is 3.84. The van der Waals surface area contributed by atoms with Crippen molar-refractivity contribution in [3.05, 3.63) is 91.0 Å². The lowest BCUT2D eigenvalue weighted by molar-refractivity contribution is -0.137. The Hall–Kier alpha value is -3.60. The third-order valence-electron chi connectivity index (χ3n) is 5.72. The van der Waals surface area contributed by atoms with Crippen molar-refractivity contribution in [3.63, 3.8) is 0 Å². The van der Waals surface area contributed by atoms with Crippen molar-refractivity contribution in [1.82, 2.24) is 9.55 Å². The van der Waals surface area contributed by atoms with Crippen molar-refractivity contribution in [2.75, 3.05) is 0 Å². The lowest BCUT2D eigenvalue weighted by atomic mass is 9.99. The van der Waals surface area contributed by atoms with E-state index in [1.54, 1.807) is 12.3 Å². The summed E-state index contributed by atoms with van der Waals surface area (Å²) in [5.74, 6) is 1.03. The smallest absolute Gasteiger partial charge is 0.303 e. The van der Waals surface area contributed by atoms with Gasteiger partial charge in [0.2, 0.25) is 0 Å². The first-order chi connectivity index (χ1) is 16.0. The Morgan fingerprint density at radius 2 is 1.79 bits per heavy atom. The highest BCUT2D eigenvalue weighted by molar-refractivity contribution is 5.66. The summed E-state index contributed by atoms with van der Waals surface area (Å²) in [7, 11) is 0. The van der Waals surface area contributed by atoms with E-state index in [1.807, 2.05) is 36.5 Å². The summed E-state index contributed by atoms with van der Waals surface area (Å²) in [4.78, 5) is 15.3. The Morgan fingerprint density at radius 1 is 1.09 bits per heavy atom. The van der Waals surface area contributed by atoms with Crippen LogP contribution in [-0.2, 0) is 11.3 Å². The normalized spacial score (nSPS) is 11.5. The van der Waals surface area contributed by atoms with Gasteiger partial charge in [-0.3, -0.25) is 4.79 Å². The number of imidazole rings is 1. The standard InChI is InChI=1S/C28H32N2O3/c1-4-10-25(21(2)11-7-5-6-8-13-27(31)32)20-30-22(3)19-29-28(30)24-16-14-23(15-17-24)26-12-9-18-33-26/h4,9-10,12,14-19H,1-2,5-8,11,13,20H2,3H3,(H,31,32)/b25-10-. The number of carboxylic acid groups (broad SMARTS) is 1. The first-order valence-corrected chi connectivity index (χ1v) is 11.4. The Bertz CT molecular complexity index is 1100. The van der Waals surface area contributed by atoms with Crippen LogP contribution in [0, 0.1) is 6.92 Å². The fourth-order valence-electron chi connectivity index (χ4n) is 3.84. The minimum Gasteiger partial charge on any atom is -0.481 e. The number of nitrogens with zero attached hydrogens (tertiary/aromatic N) is 2. The molecular formula is C28H32N2O3. The van der Waals surface area contributed by atoms with Gasteiger partial charge < -0.3 is 14.1 Å². The molecule has 1 N–H and O–H groups in total. The highest BCUT2D eigenvalue weighted by atomic mass is 16.4. The number of carboxylic acids is 1. The minimum absolute atomic E-state index is 0.244. The molecular weight excluding hydrogens is 412 g/mol. The van der Waals surface area contributed by atoms with E-state index in [-0.39, 0.29) is 6.42 Å². The van der Waals surface area contributed by atoms with Crippen LogP contribution >= 0.6 is 0 Å². The van der Waals surface area contributed by atoms with E-state index in [4.69, 9.17) is 9.52 Å². The van der Waals surface area contributed by atoms with Crippen LogP contribution in [-0.4, -0.2) is 20.6 Å². The summed E-state index contributed by atoms with van der Waals surface area (Å²) in [5, 5.41) is 8.75. The van der Waals surface area contributed by atoms with Crippen LogP contribution in [0.5, 0.6) is 0 Å². The first-order valence-electron chi connectivity index (χ1n) is 11.4. The number of aromatic nitrogens is 2. The van der Waals surface area contributed by atoms with Crippen molar-refractivity contribution < 1.29 is 14.3 Å². The second-order valence-corrected chi connectivity index (χ2v) is 8.20. The predicted octanol–water partition coefficient (Wildman–Crippen LogP) is 7.21. The van der Waals surface area contributed by atoms with E-state index in [0.717, 1.165) is 71.7 Å². The summed E-state index contributed by atoms with van der Waals surface area (Å²) in [6, 6.07) is 12.1. The largest absolute Gasteiger partial charge is 0.481 e. The Balaban J connectivity index is 1.68. The zero-order valence-electron chi connectivity index (χ0n) is 19.3. The maximum absolute atomic E-state index is 10.6. The topological polar surface area (TPSA) is 68.3 Å². The van der Waals surface area contributed by atoms with Gasteiger partial charge in [0.25, 0.3) is 0 Å². The molecule has 0 atom stereocenters. The Kier molecular flexibility index (Phi) is 8.64. The fraction of sp³-hybridized carbons (Fsp3) is 0.286. The molecule has 0 bridgehead atoms. The zero-order chi connectivity index (χ0) is 23.6. The molecule has 3 aromatic rings. The second kappa shape index (κ2) is 11.9. The van der Waals surface area contributed by atoms with Crippen LogP contribution in [0.15, 0.2) is 89.7 Å². The van der Waals surface area contributed by atoms with Crippen molar-refractivity contribution in [2.24, 2.45) is 0 Å². The van der Waals surface area contributed by atoms with Crippen molar-refractivity contribution >= 4 is 5.97 Å². The van der Waals surface area contributed by atoms with Crippen LogP contribution < -0.4 is 0 Å². The van der Waals surface area contributed by atoms with Gasteiger partial charge >= 0.3 is 5.97 Å². The van der Waals surface area contributed by atoms with Gasteiger partial charge in [-0.25, -0.2) is 4.98 Å². The minimum atomic E-state index is -0.724. The quantitative estimate of drug-likeness (QED) is 0.223. The van der Waals surface area contributed by atoms with Crippen molar-refractivity contribution in [2.45, 2.75) is 52.0 Å². The molecule has 172 valence electrons. The van der Waals surface area contributed by atoms with Crippen LogP contribution in [0.4, 0.5) is 0 Å². The number of carbonyl (C=O) groups is 1. The average molecular weight is 445 g/mol. The molecule has 0 aliphatic rings. The number of hydrogen-bond acceptors (Lipinski definition) is 3. The van der Waals surface area contributed by atoms with Crippen molar-refractivity contribution in [1.29, 1.82) is 0 Å². The summed E-state index contributed by atoms with van der Waals surface area (Å²) in [5.41, 5.74) is 5.37. The molecule has 0 aliphatic carbocycles. The molecule has 0 radical (unpaired) electrons. The SMILES string of the molecule is C=C/C=C(/Cn1c(C)cnc1-c1ccc(-c2ccco2)cc1)C(=C)CCCCCCC(=O)O. The van der Waals surface area contributed by atoms with Gasteiger partial charge in [0.05, 0.1) is 6.26 Å². The molecule has 0 saturated heterocycles. The predicted molar refractivity (Wildman–Crippen MR) is 133 cm³/mol. The molecule has 0 amide bonds. The van der Waals surface area contributed by atoms with Crippen molar-refractivity contribution in [3.8, 4) is 22.7 Å². The molecule has 0 saturated carbocycles. The van der Waals surface area contributed by atoms with E-state index in [2.05, 4.69) is 41.8 Å². The number of benzene rings is 1. The molecule has 0 fully saturated rings. The third-order valence-corrected chi connectivity index (χ3v) is 5.72. The number of furan rings is 1. The third kappa shape index (κ3) is 6.69. The van der Waals surface area contributed by atoms with Gasteiger partial charge in [0, 0.05) is 36.0 Å². The molecule has 0 aliphatic heterocycles. The number of unbranched alkanes of at least 4 members (excludes halogenated alkanes) is 3. The van der Waals surface area contributed by atoms with E-state index in [9.17, 15) is 4.79 Å². The molecule has 33 heavy (non-hydrogen) atoms. The van der Waals surface area contributed by atoms with E-state index >= 15 is 0 Å². The highest BCUT2D eigenvalue weighted by Crippen LogP contribution is 2.27. The van der Waals surface area contributed by atoms with Gasteiger partial charge in [-0.15, -0.1) is 0 Å². The Labute approximate surface area is 195 Å². The average Bonchev–Trinajstić information content (AvgIpc) is 3.46. The van der Waals surface area contributed by atoms with Gasteiger partial charge in [-0.05, 0) is 43.9 Å². The molecule has 0 spiro atoms. The Morgan fingerprint density at radius 3 is 2.42 bits per heavy atom. The monoisotopic (exact) mass is 444 g/mol. The molecule has 5 nitrogen and oxygen atoms in total. The van der Waals surface area contributed by atoms with Crippen LogP contribution in [0.25, 0.3) is 22.7 Å². The lowest BCUT2D eigenvalue weighted by Gasteiger charge is -2.16. The summed E-state index contributed by atoms with van der Waals surface area (Å²) in [6.45, 7) is 10.9. The molecule has 1 aromatic carbocycles. The zero-order valence-corrected chi connectivity index (χ0v) is 19.3. The first kappa shape index (κ1) is 24.1. The number of aliphatic carboxylic acids is 1. The lowest BCUT2D eigenvalue weighted by Crippen LogP contribution is -2.07. The van der Waals surface area contributed by atoms with Gasteiger partial charge in [-0.2, -0.15) is 0 Å². The molecule has 3 rings (SSSR count). The van der Waals surface area contributed by atoms with Crippen LogP contribution in [0.2, 0.25) is 0 Å². The maximum atomic E-state index is 10.6. The number of rotatable bonds is 13. The maximum Gasteiger partial charge on any atom is 0.303 e. The number of allylic oxidation sites excluding steroid dienone is 4. The second-order valence-electron chi connectivity index (χ2n) is 8.20. The van der Waals surface area contributed by atoms with Gasteiger partial charge in [0.15, 0.2) is 0 Å². The molecule has 5 heteroatoms. The van der Waals surface area contributed by atoms with Crippen LogP contribution in [0.3, 0.4) is 0 Å². The molecule has 0 unspecified atom stereocenters. The summed E-state index contributed by atoms with van der Waals surface area (Å²) >= 11 is 0. The summed E-state index contributed by atoms with van der Waals surface area (Å²) < 4.78 is 7.69. The van der Waals surface area contributed by atoms with E-state index < -0.39 is 5.97 Å².